The predicted molar refractivity (Wildman–Crippen MR) is 71.3 cm³/mol. The lowest BCUT2D eigenvalue weighted by molar-refractivity contribution is 0.535. The van der Waals surface area contributed by atoms with Gasteiger partial charge in [-0.15, -0.1) is 0 Å². The van der Waals surface area contributed by atoms with E-state index in [1.165, 1.54) is 0 Å². The Bertz CT molecular complexity index is 414. The van der Waals surface area contributed by atoms with Gasteiger partial charge in [0.25, 0.3) is 0 Å². The molecule has 0 aromatic heterocycles. The minimum atomic E-state index is -3.15. The van der Waals surface area contributed by atoms with E-state index in [1.54, 1.807) is 0 Å². The molecule has 0 heterocycles. The van der Waals surface area contributed by atoms with Gasteiger partial charge in [0.15, 0.2) is 0 Å². The van der Waals surface area contributed by atoms with Crippen LogP contribution in [-0.2, 0) is 10.0 Å². The fraction of sp³-hybridized carbons (Fsp3) is 0.538. The van der Waals surface area contributed by atoms with Crippen LogP contribution in [0.1, 0.15) is 44.7 Å². The Hall–Kier alpha value is -0.870. The Morgan fingerprint density at radius 3 is 2.29 bits per heavy atom. The standard InChI is InChI=1S/C13H21NO2S/c1-3-8-13(12-9-6-5-7-10-12)14-17(15,16)11-4-2/h5-7,9-10,13-14H,3-4,8,11H2,1-2H3. The molecule has 0 aliphatic heterocycles. The van der Waals surface area contributed by atoms with E-state index in [9.17, 15) is 8.42 Å². The van der Waals surface area contributed by atoms with Crippen molar-refractivity contribution in [2.24, 2.45) is 0 Å². The lowest BCUT2D eigenvalue weighted by Crippen LogP contribution is -2.30. The Morgan fingerprint density at radius 1 is 1.12 bits per heavy atom. The summed E-state index contributed by atoms with van der Waals surface area (Å²) in [5, 5.41) is 0. The van der Waals surface area contributed by atoms with E-state index in [4.69, 9.17) is 0 Å². The summed E-state index contributed by atoms with van der Waals surface area (Å²) in [4.78, 5) is 0. The van der Waals surface area contributed by atoms with Crippen molar-refractivity contribution in [3.8, 4) is 0 Å². The average Bonchev–Trinajstić information content (AvgIpc) is 2.29. The van der Waals surface area contributed by atoms with E-state index in [1.807, 2.05) is 37.3 Å². The Balaban J connectivity index is 2.81. The fourth-order valence-corrected chi connectivity index (χ4v) is 3.15. The highest BCUT2D eigenvalue weighted by atomic mass is 32.2. The molecule has 17 heavy (non-hydrogen) atoms. The van der Waals surface area contributed by atoms with Gasteiger partial charge in [0.2, 0.25) is 10.0 Å². The van der Waals surface area contributed by atoms with Gasteiger partial charge in [-0.3, -0.25) is 0 Å². The van der Waals surface area contributed by atoms with Gasteiger partial charge in [-0.1, -0.05) is 50.6 Å². The summed E-state index contributed by atoms with van der Waals surface area (Å²) in [6.07, 6.45) is 2.42. The van der Waals surface area contributed by atoms with Crippen LogP contribution < -0.4 is 4.72 Å². The minimum Gasteiger partial charge on any atom is -0.212 e. The van der Waals surface area contributed by atoms with E-state index < -0.39 is 10.0 Å². The molecule has 1 aromatic rings. The lowest BCUT2D eigenvalue weighted by atomic mass is 10.0. The van der Waals surface area contributed by atoms with Crippen LogP contribution >= 0.6 is 0 Å². The molecular formula is C13H21NO2S. The van der Waals surface area contributed by atoms with Crippen LogP contribution in [0.3, 0.4) is 0 Å². The molecule has 3 nitrogen and oxygen atoms in total. The number of nitrogens with one attached hydrogen (secondary N) is 1. The van der Waals surface area contributed by atoms with Crippen LogP contribution in [0.25, 0.3) is 0 Å². The number of hydrogen-bond acceptors (Lipinski definition) is 2. The maximum absolute atomic E-state index is 11.8. The van der Waals surface area contributed by atoms with E-state index in [0.29, 0.717) is 6.42 Å². The zero-order chi connectivity index (χ0) is 12.7. The van der Waals surface area contributed by atoms with Crippen LogP contribution in [0.5, 0.6) is 0 Å². The van der Waals surface area contributed by atoms with Crippen LogP contribution in [0.4, 0.5) is 0 Å². The summed E-state index contributed by atoms with van der Waals surface area (Å²) < 4.78 is 26.3. The monoisotopic (exact) mass is 255 g/mol. The number of rotatable bonds is 7. The molecule has 1 rings (SSSR count). The third-order valence-corrected chi connectivity index (χ3v) is 4.16. The highest BCUT2D eigenvalue weighted by Gasteiger charge is 2.17. The molecule has 0 saturated carbocycles. The van der Waals surface area contributed by atoms with Gasteiger partial charge in [0, 0.05) is 6.04 Å². The molecule has 0 amide bonds. The van der Waals surface area contributed by atoms with Crippen molar-refractivity contribution in [3.63, 3.8) is 0 Å². The van der Waals surface area contributed by atoms with Crippen LogP contribution in [-0.4, -0.2) is 14.2 Å². The van der Waals surface area contributed by atoms with Crippen molar-refractivity contribution in [1.82, 2.24) is 4.72 Å². The minimum absolute atomic E-state index is 0.0993. The van der Waals surface area contributed by atoms with Crippen molar-refractivity contribution < 1.29 is 8.42 Å². The van der Waals surface area contributed by atoms with Crippen molar-refractivity contribution in [2.45, 2.75) is 39.2 Å². The summed E-state index contributed by atoms with van der Waals surface area (Å²) in [5.41, 5.74) is 1.04. The second-order valence-corrected chi connectivity index (χ2v) is 6.06. The molecule has 0 bridgehead atoms. The molecule has 1 atom stereocenters. The van der Waals surface area contributed by atoms with E-state index >= 15 is 0 Å². The van der Waals surface area contributed by atoms with Crippen molar-refractivity contribution >= 4 is 10.0 Å². The maximum Gasteiger partial charge on any atom is 0.212 e. The molecule has 0 aliphatic rings. The third-order valence-electron chi connectivity index (χ3n) is 2.57. The first-order valence-electron chi connectivity index (χ1n) is 6.14. The first kappa shape index (κ1) is 14.2. The fourth-order valence-electron chi connectivity index (χ4n) is 1.81. The van der Waals surface area contributed by atoms with Gasteiger partial charge in [0.05, 0.1) is 5.75 Å². The van der Waals surface area contributed by atoms with Crippen molar-refractivity contribution in [1.29, 1.82) is 0 Å². The Labute approximate surface area is 104 Å². The van der Waals surface area contributed by atoms with Crippen molar-refractivity contribution in [2.75, 3.05) is 5.75 Å². The molecule has 0 radical (unpaired) electrons. The second-order valence-electron chi connectivity index (χ2n) is 4.19. The highest BCUT2D eigenvalue weighted by Crippen LogP contribution is 2.19. The normalized spacial score (nSPS) is 13.5. The van der Waals surface area contributed by atoms with E-state index in [0.717, 1.165) is 18.4 Å². The van der Waals surface area contributed by atoms with Crippen LogP contribution in [0.2, 0.25) is 0 Å². The molecule has 0 saturated heterocycles. The number of benzene rings is 1. The van der Waals surface area contributed by atoms with E-state index in [-0.39, 0.29) is 11.8 Å². The third kappa shape index (κ3) is 4.88. The zero-order valence-corrected chi connectivity index (χ0v) is 11.3. The highest BCUT2D eigenvalue weighted by molar-refractivity contribution is 7.89. The first-order chi connectivity index (χ1) is 8.09. The summed E-state index contributed by atoms with van der Waals surface area (Å²) in [6.45, 7) is 3.93. The lowest BCUT2D eigenvalue weighted by Gasteiger charge is -2.18. The van der Waals surface area contributed by atoms with Crippen molar-refractivity contribution in [3.05, 3.63) is 35.9 Å². The van der Waals surface area contributed by atoms with Gasteiger partial charge in [-0.2, -0.15) is 0 Å². The van der Waals surface area contributed by atoms with Gasteiger partial charge in [0.1, 0.15) is 0 Å². The smallest absolute Gasteiger partial charge is 0.212 e. The molecule has 96 valence electrons. The summed E-state index contributed by atoms with van der Waals surface area (Å²) >= 11 is 0. The van der Waals surface area contributed by atoms with Gasteiger partial charge < -0.3 is 0 Å². The summed E-state index contributed by atoms with van der Waals surface area (Å²) in [5.74, 6) is 0.194. The molecule has 0 fully saturated rings. The van der Waals surface area contributed by atoms with Crippen LogP contribution in [0, 0.1) is 0 Å². The topological polar surface area (TPSA) is 46.2 Å². The summed E-state index contributed by atoms with van der Waals surface area (Å²) in [6, 6.07) is 9.65. The SMILES string of the molecule is CCCC(NS(=O)(=O)CCC)c1ccccc1. The van der Waals surface area contributed by atoms with Gasteiger partial charge in [-0.25, -0.2) is 13.1 Å². The quantitative estimate of drug-likeness (QED) is 0.814. The van der Waals surface area contributed by atoms with Crippen LogP contribution in [0.15, 0.2) is 30.3 Å². The first-order valence-corrected chi connectivity index (χ1v) is 7.79. The second kappa shape index (κ2) is 6.77. The predicted octanol–water partition coefficient (Wildman–Crippen LogP) is 2.86. The molecule has 1 unspecified atom stereocenters. The van der Waals surface area contributed by atoms with E-state index in [2.05, 4.69) is 11.6 Å². The molecule has 4 heteroatoms. The van der Waals surface area contributed by atoms with Gasteiger partial charge >= 0.3 is 0 Å². The molecule has 1 aromatic carbocycles. The Kier molecular flexibility index (Phi) is 5.65. The maximum atomic E-state index is 11.8. The Morgan fingerprint density at radius 2 is 1.76 bits per heavy atom. The molecule has 0 aliphatic carbocycles. The average molecular weight is 255 g/mol. The molecule has 0 spiro atoms. The molecular weight excluding hydrogens is 234 g/mol. The largest absolute Gasteiger partial charge is 0.212 e. The molecule has 1 N–H and O–H groups in total. The zero-order valence-electron chi connectivity index (χ0n) is 10.5. The summed E-state index contributed by atoms with van der Waals surface area (Å²) in [7, 11) is -3.15. The number of hydrogen-bond donors (Lipinski definition) is 1. The number of sulfonamides is 1. The van der Waals surface area contributed by atoms with Gasteiger partial charge in [-0.05, 0) is 18.4 Å².